The third kappa shape index (κ3) is 6.56. The van der Waals surface area contributed by atoms with Crippen LogP contribution in [0.3, 0.4) is 0 Å². The second-order valence-corrected chi connectivity index (χ2v) is 4.97. The Labute approximate surface area is 123 Å². The first-order chi connectivity index (χ1) is 9.88. The van der Waals surface area contributed by atoms with E-state index in [-0.39, 0.29) is 6.42 Å². The second kappa shape index (κ2) is 8.04. The highest BCUT2D eigenvalue weighted by Crippen LogP contribution is 2.07. The van der Waals surface area contributed by atoms with E-state index in [4.69, 9.17) is 10.8 Å². The number of hydrogen-bond donors (Lipinski definition) is 3. The summed E-state index contributed by atoms with van der Waals surface area (Å²) in [4.78, 5) is 33.3. The number of nitrogens with one attached hydrogen (secondary N) is 1. The van der Waals surface area contributed by atoms with Crippen LogP contribution in [0.5, 0.6) is 0 Å². The number of carbonyl (C=O) groups is 3. The molecule has 2 amide bonds. The van der Waals surface area contributed by atoms with Crippen LogP contribution in [0.2, 0.25) is 0 Å². The fourth-order valence-corrected chi connectivity index (χ4v) is 1.88. The Morgan fingerprint density at radius 3 is 2.38 bits per heavy atom. The monoisotopic (exact) mass is 292 g/mol. The number of hydrogen-bond acceptors (Lipinski definition) is 3. The topological polar surface area (TPSA) is 109 Å². The highest BCUT2D eigenvalue weighted by atomic mass is 16.4. The van der Waals surface area contributed by atoms with Gasteiger partial charge < -0.3 is 16.2 Å². The minimum absolute atomic E-state index is 0.205. The summed E-state index contributed by atoms with van der Waals surface area (Å²) in [5.41, 5.74) is 7.24. The lowest BCUT2D eigenvalue weighted by Gasteiger charge is -2.12. The quantitative estimate of drug-likeness (QED) is 0.657. The summed E-state index contributed by atoms with van der Waals surface area (Å²) >= 11 is 0. The molecule has 0 heterocycles. The predicted octanol–water partition coefficient (Wildman–Crippen LogP) is 0.763. The van der Waals surface area contributed by atoms with Gasteiger partial charge in [0.2, 0.25) is 11.8 Å². The van der Waals surface area contributed by atoms with Crippen LogP contribution in [0, 0.1) is 6.92 Å². The molecule has 0 aliphatic rings. The minimum atomic E-state index is -1.26. The van der Waals surface area contributed by atoms with E-state index in [1.54, 1.807) is 0 Å². The molecule has 4 N–H and O–H groups in total. The Morgan fingerprint density at radius 2 is 1.86 bits per heavy atom. The van der Waals surface area contributed by atoms with Crippen LogP contribution in [0.25, 0.3) is 0 Å². The van der Waals surface area contributed by atoms with Crippen LogP contribution in [-0.2, 0) is 20.8 Å². The normalized spacial score (nSPS) is 11.7. The molecule has 0 saturated carbocycles. The summed E-state index contributed by atoms with van der Waals surface area (Å²) in [6.07, 6.45) is 1.15. The predicted molar refractivity (Wildman–Crippen MR) is 77.5 cm³/mol. The lowest BCUT2D eigenvalue weighted by atomic mass is 10.1. The number of primary amides is 1. The molecule has 0 aliphatic carbocycles. The molecule has 0 fully saturated rings. The Morgan fingerprint density at radius 1 is 1.24 bits per heavy atom. The van der Waals surface area contributed by atoms with Gasteiger partial charge in [-0.3, -0.25) is 9.59 Å². The van der Waals surface area contributed by atoms with Crippen molar-refractivity contribution in [2.75, 3.05) is 0 Å². The average Bonchev–Trinajstić information content (AvgIpc) is 2.39. The first kappa shape index (κ1) is 16.7. The summed E-state index contributed by atoms with van der Waals surface area (Å²) in [6, 6.07) is 6.75. The molecule has 1 rings (SSSR count). The Hall–Kier alpha value is -2.37. The van der Waals surface area contributed by atoms with Gasteiger partial charge in [0.15, 0.2) is 0 Å². The summed E-state index contributed by atoms with van der Waals surface area (Å²) < 4.78 is 0. The zero-order valence-electron chi connectivity index (χ0n) is 12.0. The molecule has 1 unspecified atom stereocenters. The first-order valence-corrected chi connectivity index (χ1v) is 6.74. The van der Waals surface area contributed by atoms with E-state index in [0.29, 0.717) is 6.42 Å². The zero-order chi connectivity index (χ0) is 15.8. The fraction of sp³-hybridized carbons (Fsp3) is 0.400. The molecule has 21 heavy (non-hydrogen) atoms. The van der Waals surface area contributed by atoms with Gasteiger partial charge in [0.05, 0.1) is 6.42 Å². The first-order valence-electron chi connectivity index (χ1n) is 6.74. The van der Waals surface area contributed by atoms with E-state index < -0.39 is 30.2 Å². The standard InChI is InChI=1S/C15H20N2O4/c1-10-5-7-11(8-6-10)3-2-4-14(19)17-12(15(20)21)9-13(16)18/h5-8,12H,2-4,9H2,1H3,(H2,16,18)(H,17,19)(H,20,21). The molecule has 0 bridgehead atoms. The van der Waals surface area contributed by atoms with Gasteiger partial charge in [-0.1, -0.05) is 29.8 Å². The molecule has 0 saturated heterocycles. The van der Waals surface area contributed by atoms with Crippen molar-refractivity contribution in [2.45, 2.75) is 38.6 Å². The van der Waals surface area contributed by atoms with Crippen molar-refractivity contribution in [3.8, 4) is 0 Å². The van der Waals surface area contributed by atoms with Crippen LogP contribution < -0.4 is 11.1 Å². The maximum Gasteiger partial charge on any atom is 0.326 e. The van der Waals surface area contributed by atoms with Crippen molar-refractivity contribution in [1.29, 1.82) is 0 Å². The van der Waals surface area contributed by atoms with Gasteiger partial charge >= 0.3 is 5.97 Å². The number of aliphatic carboxylic acids is 1. The van der Waals surface area contributed by atoms with Gasteiger partial charge in [0, 0.05) is 6.42 Å². The van der Waals surface area contributed by atoms with Gasteiger partial charge in [-0.05, 0) is 25.3 Å². The number of aryl methyl sites for hydroxylation is 2. The summed E-state index contributed by atoms with van der Waals surface area (Å²) in [7, 11) is 0. The van der Waals surface area contributed by atoms with Crippen molar-refractivity contribution in [1.82, 2.24) is 5.32 Å². The molecule has 6 heteroatoms. The average molecular weight is 292 g/mol. The molecule has 1 aromatic rings. The number of rotatable bonds is 8. The number of carboxylic acid groups (broad SMARTS) is 1. The van der Waals surface area contributed by atoms with Gasteiger partial charge in [0.25, 0.3) is 0 Å². The number of carboxylic acids is 1. The Balaban J connectivity index is 2.37. The smallest absolute Gasteiger partial charge is 0.326 e. The van der Waals surface area contributed by atoms with E-state index in [1.165, 1.54) is 5.56 Å². The number of carbonyl (C=O) groups excluding carboxylic acids is 2. The van der Waals surface area contributed by atoms with Gasteiger partial charge in [-0.15, -0.1) is 0 Å². The van der Waals surface area contributed by atoms with E-state index in [2.05, 4.69) is 5.32 Å². The van der Waals surface area contributed by atoms with Crippen LogP contribution in [0.4, 0.5) is 0 Å². The molecule has 0 spiro atoms. The third-order valence-corrected chi connectivity index (χ3v) is 3.03. The van der Waals surface area contributed by atoms with E-state index in [0.717, 1.165) is 12.0 Å². The van der Waals surface area contributed by atoms with Crippen LogP contribution in [0.1, 0.15) is 30.4 Å². The lowest BCUT2D eigenvalue weighted by molar-refractivity contribution is -0.143. The van der Waals surface area contributed by atoms with Crippen molar-refractivity contribution >= 4 is 17.8 Å². The second-order valence-electron chi connectivity index (χ2n) is 4.97. The highest BCUT2D eigenvalue weighted by Gasteiger charge is 2.21. The van der Waals surface area contributed by atoms with Crippen molar-refractivity contribution in [3.05, 3.63) is 35.4 Å². The molecule has 0 aliphatic heterocycles. The minimum Gasteiger partial charge on any atom is -0.480 e. The lowest BCUT2D eigenvalue weighted by Crippen LogP contribution is -2.43. The van der Waals surface area contributed by atoms with Gasteiger partial charge in [-0.25, -0.2) is 4.79 Å². The largest absolute Gasteiger partial charge is 0.480 e. The molecular weight excluding hydrogens is 272 g/mol. The molecular formula is C15H20N2O4. The Kier molecular flexibility index (Phi) is 6.39. The summed E-state index contributed by atoms with van der Waals surface area (Å²) in [6.45, 7) is 2.00. The van der Waals surface area contributed by atoms with Gasteiger partial charge in [-0.2, -0.15) is 0 Å². The number of amides is 2. The summed E-state index contributed by atoms with van der Waals surface area (Å²) in [5.74, 6) is -2.42. The van der Waals surface area contributed by atoms with Crippen molar-refractivity contribution in [2.24, 2.45) is 5.73 Å². The van der Waals surface area contributed by atoms with E-state index in [9.17, 15) is 14.4 Å². The molecule has 0 aromatic heterocycles. The Bertz CT molecular complexity index is 511. The molecule has 1 aromatic carbocycles. The van der Waals surface area contributed by atoms with E-state index >= 15 is 0 Å². The van der Waals surface area contributed by atoms with Crippen molar-refractivity contribution in [3.63, 3.8) is 0 Å². The number of benzene rings is 1. The fourth-order valence-electron chi connectivity index (χ4n) is 1.88. The molecule has 6 nitrogen and oxygen atoms in total. The molecule has 114 valence electrons. The SMILES string of the molecule is Cc1ccc(CCCC(=O)NC(CC(N)=O)C(=O)O)cc1. The maximum absolute atomic E-state index is 11.7. The third-order valence-electron chi connectivity index (χ3n) is 3.03. The van der Waals surface area contributed by atoms with E-state index in [1.807, 2.05) is 31.2 Å². The van der Waals surface area contributed by atoms with Gasteiger partial charge in [0.1, 0.15) is 6.04 Å². The maximum atomic E-state index is 11.7. The van der Waals surface area contributed by atoms with Crippen molar-refractivity contribution < 1.29 is 19.5 Å². The van der Waals surface area contributed by atoms with Crippen LogP contribution in [-0.4, -0.2) is 28.9 Å². The number of nitrogens with two attached hydrogens (primary N) is 1. The van der Waals surface area contributed by atoms with Crippen LogP contribution in [0.15, 0.2) is 24.3 Å². The summed E-state index contributed by atoms with van der Waals surface area (Å²) in [5, 5.41) is 11.2. The molecule has 0 radical (unpaired) electrons. The van der Waals surface area contributed by atoms with Crippen LogP contribution >= 0.6 is 0 Å². The zero-order valence-corrected chi connectivity index (χ0v) is 12.0. The highest BCUT2D eigenvalue weighted by molar-refractivity contribution is 5.88. The molecule has 1 atom stereocenters.